The fourth-order valence-corrected chi connectivity index (χ4v) is 2.88. The zero-order valence-electron chi connectivity index (χ0n) is 13.0. The number of rotatable bonds is 8. The van der Waals surface area contributed by atoms with Crippen molar-refractivity contribution in [3.8, 4) is 5.75 Å². The van der Waals surface area contributed by atoms with E-state index in [4.69, 9.17) is 9.47 Å². The summed E-state index contributed by atoms with van der Waals surface area (Å²) < 4.78 is 24.2. The number of halogens is 1. The van der Waals surface area contributed by atoms with Crippen LogP contribution in [0.1, 0.15) is 31.7 Å². The van der Waals surface area contributed by atoms with Crippen LogP contribution in [0.15, 0.2) is 18.2 Å². The smallest absolute Gasteiger partial charge is 0.165 e. The van der Waals surface area contributed by atoms with Crippen molar-refractivity contribution >= 4 is 0 Å². The van der Waals surface area contributed by atoms with Crippen molar-refractivity contribution in [3.63, 3.8) is 0 Å². The molecule has 4 heteroatoms. The average molecular weight is 295 g/mol. The predicted octanol–water partition coefficient (Wildman–Crippen LogP) is 3.17. The molecule has 1 aliphatic heterocycles. The van der Waals surface area contributed by atoms with Gasteiger partial charge in [-0.25, -0.2) is 4.39 Å². The van der Waals surface area contributed by atoms with E-state index < -0.39 is 0 Å². The molecule has 1 aromatic carbocycles. The molecule has 2 rings (SSSR count). The molecule has 0 bridgehead atoms. The van der Waals surface area contributed by atoms with Crippen LogP contribution < -0.4 is 10.1 Å². The second-order valence-corrected chi connectivity index (χ2v) is 5.79. The maximum Gasteiger partial charge on any atom is 0.165 e. The van der Waals surface area contributed by atoms with E-state index in [1.807, 2.05) is 6.07 Å². The minimum atomic E-state index is -0.284. The van der Waals surface area contributed by atoms with Crippen LogP contribution >= 0.6 is 0 Å². The van der Waals surface area contributed by atoms with Crippen molar-refractivity contribution in [1.82, 2.24) is 5.32 Å². The summed E-state index contributed by atoms with van der Waals surface area (Å²) in [6, 6.07) is 5.63. The van der Waals surface area contributed by atoms with Gasteiger partial charge in [-0.15, -0.1) is 0 Å². The molecule has 0 saturated carbocycles. The Morgan fingerprint density at radius 2 is 2.33 bits per heavy atom. The fourth-order valence-electron chi connectivity index (χ4n) is 2.88. The number of nitrogens with one attached hydrogen (secondary N) is 1. The molecule has 1 saturated heterocycles. The lowest BCUT2D eigenvalue weighted by Crippen LogP contribution is -2.34. The van der Waals surface area contributed by atoms with Crippen LogP contribution in [0.25, 0.3) is 0 Å². The van der Waals surface area contributed by atoms with Crippen LogP contribution in [0.5, 0.6) is 5.75 Å². The molecular formula is C17H26FNO2. The van der Waals surface area contributed by atoms with Crippen LogP contribution in [-0.2, 0) is 11.2 Å². The minimum Gasteiger partial charge on any atom is -0.494 e. The summed E-state index contributed by atoms with van der Waals surface area (Å²) in [5, 5.41) is 3.58. The molecule has 2 unspecified atom stereocenters. The molecule has 0 aromatic heterocycles. The highest BCUT2D eigenvalue weighted by molar-refractivity contribution is 5.29. The first-order valence-corrected chi connectivity index (χ1v) is 7.86. The van der Waals surface area contributed by atoms with Crippen LogP contribution in [0.2, 0.25) is 0 Å². The summed E-state index contributed by atoms with van der Waals surface area (Å²) >= 11 is 0. The van der Waals surface area contributed by atoms with E-state index in [-0.39, 0.29) is 5.82 Å². The second-order valence-electron chi connectivity index (χ2n) is 5.79. The number of methoxy groups -OCH3 is 1. The summed E-state index contributed by atoms with van der Waals surface area (Å²) in [4.78, 5) is 0. The Morgan fingerprint density at radius 1 is 1.48 bits per heavy atom. The molecule has 1 N–H and O–H groups in total. The summed E-state index contributed by atoms with van der Waals surface area (Å²) in [6.45, 7) is 4.90. The molecule has 0 spiro atoms. The van der Waals surface area contributed by atoms with Gasteiger partial charge in [0.1, 0.15) is 0 Å². The maximum absolute atomic E-state index is 13.8. The summed E-state index contributed by atoms with van der Waals surface area (Å²) in [7, 11) is 1.49. The quantitative estimate of drug-likeness (QED) is 0.799. The Morgan fingerprint density at radius 3 is 2.95 bits per heavy atom. The van der Waals surface area contributed by atoms with Gasteiger partial charge in [0.05, 0.1) is 7.11 Å². The molecule has 1 aliphatic rings. The number of hydrogen-bond acceptors (Lipinski definition) is 3. The number of hydrogen-bond donors (Lipinski definition) is 1. The lowest BCUT2D eigenvalue weighted by Gasteiger charge is -2.21. The maximum atomic E-state index is 13.8. The van der Waals surface area contributed by atoms with Crippen LogP contribution in [0.3, 0.4) is 0 Å². The standard InChI is InChI=1S/C17H26FNO2/c1-3-7-19-15(10-14-6-8-21-12-14)9-13-4-5-17(20-2)16(18)11-13/h4-5,11,14-15,19H,3,6-10,12H2,1-2H3. The predicted molar refractivity (Wildman–Crippen MR) is 82.3 cm³/mol. The third-order valence-electron chi connectivity index (χ3n) is 4.02. The van der Waals surface area contributed by atoms with Gasteiger partial charge < -0.3 is 14.8 Å². The second kappa shape index (κ2) is 8.35. The van der Waals surface area contributed by atoms with Gasteiger partial charge >= 0.3 is 0 Å². The highest BCUT2D eigenvalue weighted by Gasteiger charge is 2.21. The van der Waals surface area contributed by atoms with Crippen molar-refractivity contribution in [2.45, 2.75) is 38.6 Å². The number of ether oxygens (including phenoxy) is 2. The molecule has 1 heterocycles. The van der Waals surface area contributed by atoms with Crippen molar-refractivity contribution in [2.24, 2.45) is 5.92 Å². The van der Waals surface area contributed by atoms with E-state index in [1.54, 1.807) is 12.1 Å². The zero-order valence-corrected chi connectivity index (χ0v) is 13.0. The topological polar surface area (TPSA) is 30.5 Å². The Labute approximate surface area is 126 Å². The molecule has 0 aliphatic carbocycles. The van der Waals surface area contributed by atoms with Gasteiger partial charge in [-0.1, -0.05) is 13.0 Å². The van der Waals surface area contributed by atoms with Gasteiger partial charge in [0.25, 0.3) is 0 Å². The molecule has 3 nitrogen and oxygen atoms in total. The summed E-state index contributed by atoms with van der Waals surface area (Å²) in [5.41, 5.74) is 1.01. The average Bonchev–Trinajstić information content (AvgIpc) is 2.98. The normalized spacial score (nSPS) is 19.7. The minimum absolute atomic E-state index is 0.284. The molecule has 0 radical (unpaired) electrons. The third-order valence-corrected chi connectivity index (χ3v) is 4.02. The fraction of sp³-hybridized carbons (Fsp3) is 0.647. The Hall–Kier alpha value is -1.13. The first-order valence-electron chi connectivity index (χ1n) is 7.86. The van der Waals surface area contributed by atoms with Crippen LogP contribution in [0.4, 0.5) is 4.39 Å². The first-order chi connectivity index (χ1) is 10.2. The van der Waals surface area contributed by atoms with E-state index in [0.717, 1.165) is 51.0 Å². The Balaban J connectivity index is 1.97. The largest absolute Gasteiger partial charge is 0.494 e. The van der Waals surface area contributed by atoms with Gasteiger partial charge in [0.15, 0.2) is 11.6 Å². The molecule has 2 atom stereocenters. The van der Waals surface area contributed by atoms with E-state index in [0.29, 0.717) is 17.7 Å². The molecule has 1 fully saturated rings. The highest BCUT2D eigenvalue weighted by atomic mass is 19.1. The van der Waals surface area contributed by atoms with Gasteiger partial charge in [-0.3, -0.25) is 0 Å². The van der Waals surface area contributed by atoms with Crippen molar-refractivity contribution in [3.05, 3.63) is 29.6 Å². The molecule has 118 valence electrons. The van der Waals surface area contributed by atoms with Crippen molar-refractivity contribution in [2.75, 3.05) is 26.9 Å². The van der Waals surface area contributed by atoms with Gasteiger partial charge in [-0.05, 0) is 55.8 Å². The Bertz CT molecular complexity index is 433. The molecular weight excluding hydrogens is 269 g/mol. The van der Waals surface area contributed by atoms with Gasteiger partial charge in [-0.2, -0.15) is 0 Å². The monoisotopic (exact) mass is 295 g/mol. The van der Waals surface area contributed by atoms with E-state index >= 15 is 0 Å². The summed E-state index contributed by atoms with van der Waals surface area (Å²) in [5.74, 6) is 0.650. The van der Waals surface area contributed by atoms with E-state index in [2.05, 4.69) is 12.2 Å². The zero-order chi connectivity index (χ0) is 15.1. The SMILES string of the molecule is CCCNC(Cc1ccc(OC)c(F)c1)CC1CCOC1. The van der Waals surface area contributed by atoms with E-state index in [1.165, 1.54) is 7.11 Å². The molecule has 0 amide bonds. The highest BCUT2D eigenvalue weighted by Crippen LogP contribution is 2.22. The molecule has 21 heavy (non-hydrogen) atoms. The molecule has 1 aromatic rings. The van der Waals surface area contributed by atoms with Gasteiger partial charge in [0.2, 0.25) is 0 Å². The first kappa shape index (κ1) is 16.2. The van der Waals surface area contributed by atoms with E-state index in [9.17, 15) is 4.39 Å². The lowest BCUT2D eigenvalue weighted by molar-refractivity contribution is 0.181. The van der Waals surface area contributed by atoms with Crippen molar-refractivity contribution in [1.29, 1.82) is 0 Å². The third kappa shape index (κ3) is 4.97. The Kier molecular flexibility index (Phi) is 6.46. The summed E-state index contributed by atoms with van der Waals surface area (Å²) in [6.07, 6.45) is 4.18. The van der Waals surface area contributed by atoms with Crippen molar-refractivity contribution < 1.29 is 13.9 Å². The van der Waals surface area contributed by atoms with Crippen LogP contribution in [0, 0.1) is 11.7 Å². The number of benzene rings is 1. The van der Waals surface area contributed by atoms with Gasteiger partial charge in [0, 0.05) is 19.3 Å². The lowest BCUT2D eigenvalue weighted by atomic mass is 9.94. The van der Waals surface area contributed by atoms with Crippen LogP contribution in [-0.4, -0.2) is 32.9 Å².